The summed E-state index contributed by atoms with van der Waals surface area (Å²) in [6.07, 6.45) is -0.884. The molecule has 19 heavy (non-hydrogen) atoms. The van der Waals surface area contributed by atoms with Gasteiger partial charge in [0.1, 0.15) is 0 Å². The van der Waals surface area contributed by atoms with Crippen molar-refractivity contribution in [3.63, 3.8) is 0 Å². The highest BCUT2D eigenvalue weighted by atomic mass is 16.5. The van der Waals surface area contributed by atoms with Gasteiger partial charge in [0, 0.05) is 21.0 Å². The smallest absolute Gasteiger partial charge is 0.300 e. The molecule has 0 spiro atoms. The van der Waals surface area contributed by atoms with Crippen molar-refractivity contribution in [3.8, 4) is 0 Å². The van der Waals surface area contributed by atoms with E-state index in [1.54, 1.807) is 14.0 Å². The lowest BCUT2D eigenvalue weighted by molar-refractivity contribution is -0.135. The molecule has 2 atom stereocenters. The first-order valence-electron chi connectivity index (χ1n) is 5.36. The van der Waals surface area contributed by atoms with Gasteiger partial charge in [0.05, 0.1) is 25.4 Å². The predicted octanol–water partition coefficient (Wildman–Crippen LogP) is -0.445. The van der Waals surface area contributed by atoms with Gasteiger partial charge in [-0.05, 0) is 13.8 Å². The quantitative estimate of drug-likeness (QED) is 0.469. The second kappa shape index (κ2) is 22.0. The molecule has 0 aliphatic carbocycles. The minimum absolute atomic E-state index is 0.139. The number of carboxylic acid groups (broad SMARTS) is 2. The van der Waals surface area contributed by atoms with E-state index in [2.05, 4.69) is 4.74 Å². The second-order valence-electron chi connectivity index (χ2n) is 3.37. The van der Waals surface area contributed by atoms with Crippen LogP contribution < -0.4 is 0 Å². The van der Waals surface area contributed by atoms with Gasteiger partial charge in [-0.3, -0.25) is 9.59 Å². The molecule has 0 saturated heterocycles. The number of carbonyl (C=O) groups is 2. The van der Waals surface area contributed by atoms with Crippen molar-refractivity contribution >= 4 is 11.9 Å². The van der Waals surface area contributed by atoms with Gasteiger partial charge in [0.2, 0.25) is 0 Å². The Morgan fingerprint density at radius 1 is 1.00 bits per heavy atom. The first kappa shape index (κ1) is 26.4. The Balaban J connectivity index is -0.0000000803. The summed E-state index contributed by atoms with van der Waals surface area (Å²) in [6, 6.07) is 0. The molecule has 0 heterocycles. The molecule has 0 fully saturated rings. The molecule has 5 N–H and O–H groups in total. The minimum atomic E-state index is -0.833. The normalized spacial score (nSPS) is 11.2. The summed E-state index contributed by atoms with van der Waals surface area (Å²) in [7, 11) is 1.56. The largest absolute Gasteiger partial charge is 0.481 e. The van der Waals surface area contributed by atoms with Gasteiger partial charge < -0.3 is 30.3 Å². The van der Waals surface area contributed by atoms with Crippen molar-refractivity contribution in [1.82, 2.24) is 0 Å². The van der Waals surface area contributed by atoms with Crippen LogP contribution in [-0.4, -0.2) is 70.0 Å². The third kappa shape index (κ3) is 257. The van der Waals surface area contributed by atoms with E-state index in [0.29, 0.717) is 6.61 Å². The summed E-state index contributed by atoms with van der Waals surface area (Å²) in [5.41, 5.74) is 0. The summed E-state index contributed by atoms with van der Waals surface area (Å²) >= 11 is 0. The predicted molar refractivity (Wildman–Crippen MR) is 68.9 cm³/mol. The number of aliphatic carboxylic acids is 2. The lowest BCUT2D eigenvalue weighted by Crippen LogP contribution is -2.07. The van der Waals surface area contributed by atoms with Crippen molar-refractivity contribution < 1.29 is 39.9 Å². The van der Waals surface area contributed by atoms with Gasteiger partial charge in [0.15, 0.2) is 0 Å². The second-order valence-corrected chi connectivity index (χ2v) is 3.37. The number of hydrogen-bond donors (Lipinski definition) is 5. The first-order chi connectivity index (χ1) is 8.50. The average Bonchev–Trinajstić information content (AvgIpc) is 2.16. The van der Waals surface area contributed by atoms with Crippen molar-refractivity contribution in [2.45, 2.75) is 39.9 Å². The van der Waals surface area contributed by atoms with Crippen molar-refractivity contribution in [2.24, 2.45) is 0 Å². The molecule has 0 aliphatic heterocycles. The molecule has 0 rings (SSSR count). The third-order valence-electron chi connectivity index (χ3n) is 0.672. The molecule has 8 heteroatoms. The first-order valence-corrected chi connectivity index (χ1v) is 5.36. The average molecular weight is 286 g/mol. The molecule has 2 unspecified atom stereocenters. The van der Waals surface area contributed by atoms with Crippen LogP contribution in [0.2, 0.25) is 0 Å². The maximum absolute atomic E-state index is 9.00. The highest BCUT2D eigenvalue weighted by molar-refractivity contribution is 5.63. The number of hydrogen-bond acceptors (Lipinski definition) is 6. The summed E-state index contributed by atoms with van der Waals surface area (Å²) in [5.74, 6) is -1.67. The summed E-state index contributed by atoms with van der Waals surface area (Å²) in [5, 5.41) is 39.3. The monoisotopic (exact) mass is 286 g/mol. The van der Waals surface area contributed by atoms with Crippen LogP contribution in [0.3, 0.4) is 0 Å². The lowest BCUT2D eigenvalue weighted by atomic mass is 10.5. The third-order valence-corrected chi connectivity index (χ3v) is 0.672. The summed E-state index contributed by atoms with van der Waals surface area (Å²) in [6.45, 7) is 5.67. The summed E-state index contributed by atoms with van der Waals surface area (Å²) in [4.78, 5) is 18.0. The van der Waals surface area contributed by atoms with Crippen molar-refractivity contribution in [1.29, 1.82) is 0 Å². The van der Waals surface area contributed by atoms with E-state index in [4.69, 9.17) is 35.1 Å². The van der Waals surface area contributed by atoms with Crippen LogP contribution in [0.15, 0.2) is 0 Å². The van der Waals surface area contributed by atoms with Crippen LogP contribution in [0.25, 0.3) is 0 Å². The Hall–Kier alpha value is -1.22. The molecular formula is C11H26O8. The Kier molecular flexibility index (Phi) is 30.5. The maximum Gasteiger partial charge on any atom is 0.300 e. The maximum atomic E-state index is 9.00. The fourth-order valence-corrected chi connectivity index (χ4v) is 0.241. The Morgan fingerprint density at radius 2 is 1.21 bits per heavy atom. The topological polar surface area (TPSA) is 145 Å². The molecule has 8 nitrogen and oxygen atoms in total. The SMILES string of the molecule is CC(=O)O.CC(=O)O.CC(O)CO.COCC(C)O. The van der Waals surface area contributed by atoms with Crippen LogP contribution in [0.1, 0.15) is 27.7 Å². The molecule has 0 amide bonds. The van der Waals surface area contributed by atoms with Gasteiger partial charge in [-0.2, -0.15) is 0 Å². The molecule has 0 radical (unpaired) electrons. The van der Waals surface area contributed by atoms with Crippen LogP contribution >= 0.6 is 0 Å². The van der Waals surface area contributed by atoms with E-state index in [1.165, 1.54) is 6.92 Å². The Bertz CT molecular complexity index is 171. The fourth-order valence-electron chi connectivity index (χ4n) is 0.241. The highest BCUT2D eigenvalue weighted by Crippen LogP contribution is 1.75. The van der Waals surface area contributed by atoms with Crippen molar-refractivity contribution in [3.05, 3.63) is 0 Å². The number of ether oxygens (including phenoxy) is 1. The van der Waals surface area contributed by atoms with E-state index in [0.717, 1.165) is 13.8 Å². The van der Waals surface area contributed by atoms with Gasteiger partial charge in [0.25, 0.3) is 11.9 Å². The highest BCUT2D eigenvalue weighted by Gasteiger charge is 1.87. The number of carboxylic acids is 2. The number of aliphatic hydroxyl groups excluding tert-OH is 3. The van der Waals surface area contributed by atoms with E-state index < -0.39 is 18.0 Å². The standard InChI is InChI=1S/C4H10O2.C3H8O2.2C2H4O2/c1-4(5)3-6-2;1-3(5)2-4;2*1-2(3)4/h4-5H,3H2,1-2H3;3-5H,2H2,1H3;2*1H3,(H,3,4). The van der Waals surface area contributed by atoms with Crippen LogP contribution in [0.4, 0.5) is 0 Å². The molecule has 0 aromatic heterocycles. The zero-order chi connectivity index (χ0) is 16.4. The van der Waals surface area contributed by atoms with Gasteiger partial charge >= 0.3 is 0 Å². The molecular weight excluding hydrogens is 260 g/mol. The zero-order valence-corrected chi connectivity index (χ0v) is 12.0. The minimum Gasteiger partial charge on any atom is -0.481 e. The lowest BCUT2D eigenvalue weighted by Gasteiger charge is -1.97. The van der Waals surface area contributed by atoms with Gasteiger partial charge in [-0.15, -0.1) is 0 Å². The van der Waals surface area contributed by atoms with E-state index in [-0.39, 0.29) is 12.7 Å². The molecule has 0 bridgehead atoms. The van der Waals surface area contributed by atoms with Gasteiger partial charge in [-0.25, -0.2) is 0 Å². The molecule has 118 valence electrons. The molecule has 0 aliphatic rings. The zero-order valence-electron chi connectivity index (χ0n) is 12.0. The van der Waals surface area contributed by atoms with E-state index in [9.17, 15) is 0 Å². The molecule has 0 aromatic carbocycles. The van der Waals surface area contributed by atoms with E-state index >= 15 is 0 Å². The van der Waals surface area contributed by atoms with Crippen LogP contribution in [-0.2, 0) is 14.3 Å². The van der Waals surface area contributed by atoms with Crippen LogP contribution in [0.5, 0.6) is 0 Å². The van der Waals surface area contributed by atoms with Crippen molar-refractivity contribution in [2.75, 3.05) is 20.3 Å². The van der Waals surface area contributed by atoms with E-state index in [1.807, 2.05) is 0 Å². The van der Waals surface area contributed by atoms with Gasteiger partial charge in [-0.1, -0.05) is 0 Å². The summed E-state index contributed by atoms with van der Waals surface area (Å²) < 4.78 is 4.55. The number of methoxy groups -OCH3 is 1. The molecule has 0 aromatic rings. The Morgan fingerprint density at radius 3 is 1.21 bits per heavy atom. The molecule has 0 saturated carbocycles. The number of rotatable bonds is 3. The number of aliphatic hydroxyl groups is 3. The van der Waals surface area contributed by atoms with Crippen LogP contribution in [0, 0.1) is 0 Å². The fraction of sp³-hybridized carbons (Fsp3) is 0.818. The Labute approximate surface area is 113 Å².